The molecule has 17 nitrogen and oxygen atoms in total. The molecule has 0 bridgehead atoms. The normalized spacial score (nSPS) is 20.5. The Kier molecular flexibility index (Phi) is 14.5. The van der Waals surface area contributed by atoms with E-state index in [1.807, 2.05) is 53.3 Å². The van der Waals surface area contributed by atoms with Crippen molar-refractivity contribution in [3.63, 3.8) is 0 Å². The van der Waals surface area contributed by atoms with Crippen molar-refractivity contribution >= 4 is 54.3 Å². The van der Waals surface area contributed by atoms with Crippen LogP contribution in [0.2, 0.25) is 0 Å². The van der Waals surface area contributed by atoms with Crippen LogP contribution in [0.25, 0.3) is 66.8 Å². The van der Waals surface area contributed by atoms with Crippen molar-refractivity contribution in [2.45, 2.75) is 96.8 Å². The van der Waals surface area contributed by atoms with Crippen LogP contribution in [0.4, 0.5) is 17.6 Å². The number of hydrogen-bond acceptors (Lipinski definition) is 11. The van der Waals surface area contributed by atoms with Crippen LogP contribution in [-0.4, -0.2) is 120 Å². The van der Waals surface area contributed by atoms with Crippen molar-refractivity contribution in [1.29, 1.82) is 0 Å². The van der Waals surface area contributed by atoms with E-state index in [-0.39, 0.29) is 65.1 Å². The molecule has 0 radical (unpaired) electrons. The fraction of sp³-hybridized carbons (Fsp3) is 0.418. The SMILES string of the molecule is C.CC1C(=O)N(C)Cc2c(-c3cccc4nc(-c5cnn(C)c5)c(C(F)F)cc34)nc(C3CCS(=O)(=O)CC3)n21.CC1C(=O)N(C)Cc2c(-c3cccc4nc(-c5cnn(C)c5)c(C(F)F)cc34)nc(C3CCS(=O)CC3)n21. The van der Waals surface area contributed by atoms with Gasteiger partial charge in [-0.25, -0.2) is 45.9 Å². The van der Waals surface area contributed by atoms with Crippen molar-refractivity contribution in [3.05, 3.63) is 107 Å². The first kappa shape index (κ1) is 54.2. The van der Waals surface area contributed by atoms with Gasteiger partial charge in [0.15, 0.2) is 0 Å². The zero-order valence-corrected chi connectivity index (χ0v) is 44.8. The molecule has 0 saturated carbocycles. The second-order valence-electron chi connectivity index (χ2n) is 20.6. The molecule has 2 fully saturated rings. The zero-order valence-electron chi connectivity index (χ0n) is 43.2. The van der Waals surface area contributed by atoms with Gasteiger partial charge in [0, 0.05) is 119 Å². The van der Waals surface area contributed by atoms with E-state index < -0.39 is 45.6 Å². The van der Waals surface area contributed by atoms with Gasteiger partial charge in [0.2, 0.25) is 11.8 Å². The summed E-state index contributed by atoms with van der Waals surface area (Å²) in [4.78, 5) is 48.6. The Morgan fingerprint density at radius 1 is 0.603 bits per heavy atom. The molecule has 8 aromatic rings. The van der Waals surface area contributed by atoms with Gasteiger partial charge in [0.1, 0.15) is 33.6 Å². The number of fused-ring (bicyclic) bond motifs is 4. The maximum Gasteiger partial charge on any atom is 0.265 e. The molecule has 2 amide bonds. The van der Waals surface area contributed by atoms with E-state index in [4.69, 9.17) is 9.97 Å². The molecule has 2 atom stereocenters. The summed E-state index contributed by atoms with van der Waals surface area (Å²) in [6.07, 6.45) is 3.22. The Balaban J connectivity index is 0.000000174. The first-order valence-electron chi connectivity index (χ1n) is 25.5. The first-order valence-corrected chi connectivity index (χ1v) is 28.8. The number of aryl methyl sites for hydroxylation is 2. The second-order valence-corrected chi connectivity index (χ2v) is 24.6. The Morgan fingerprint density at radius 2 is 1.01 bits per heavy atom. The molecular formula is C55H60F4N12O5S2. The lowest BCUT2D eigenvalue weighted by Crippen LogP contribution is -2.40. The molecule has 10 heterocycles. The molecule has 4 aliphatic rings. The zero-order chi connectivity index (χ0) is 54.4. The standard InChI is InChI=1S/C27H28F2N6O3S.C27H28F2N6O2S.CH4/c1-15-27(36)33(2)14-22-24(32-26(35(15)22)16-7-9-39(37,38)10-8-16)18-5-4-6-21-19(18)11-20(25(28)29)23(31-21)17-12-30-34(3)13-17;1-15-27(36)33(2)14-22-24(32-26(35(15)22)16-7-9-38(37)10-8-16)18-5-4-6-21-19(18)11-20(25(28)29)23(31-21)17-12-30-34(3)13-17;/h4-6,11-13,15-16,25H,7-10,14H2,1-3H3;4-6,11-13,15-16,25H,7-10,14H2,1-3H3;1H4. The lowest BCUT2D eigenvalue weighted by molar-refractivity contribution is -0.136. The third kappa shape index (κ3) is 9.69. The number of nitrogens with zero attached hydrogens (tertiary/aromatic N) is 12. The first-order chi connectivity index (χ1) is 36.8. The summed E-state index contributed by atoms with van der Waals surface area (Å²) in [7, 11) is 3.03. The predicted molar refractivity (Wildman–Crippen MR) is 290 cm³/mol. The highest BCUT2D eigenvalue weighted by atomic mass is 32.2. The minimum Gasteiger partial charge on any atom is -0.338 e. The van der Waals surface area contributed by atoms with Gasteiger partial charge in [-0.1, -0.05) is 31.7 Å². The van der Waals surface area contributed by atoms with E-state index in [1.54, 1.807) is 65.8 Å². The van der Waals surface area contributed by atoms with Crippen LogP contribution in [0.15, 0.2) is 73.3 Å². The third-order valence-corrected chi connectivity index (χ3v) is 18.6. The number of aromatic nitrogens is 10. The van der Waals surface area contributed by atoms with Crippen LogP contribution in [0.5, 0.6) is 0 Å². The highest BCUT2D eigenvalue weighted by Crippen LogP contribution is 2.44. The van der Waals surface area contributed by atoms with Gasteiger partial charge < -0.3 is 18.9 Å². The van der Waals surface area contributed by atoms with E-state index >= 15 is 0 Å². The van der Waals surface area contributed by atoms with Crippen molar-refractivity contribution < 1.29 is 39.8 Å². The average Bonchev–Trinajstić information content (AvgIpc) is 4.25. The molecular weight excluding hydrogens is 1050 g/mol. The van der Waals surface area contributed by atoms with E-state index in [0.29, 0.717) is 98.7 Å². The number of sulfone groups is 1. The number of imidazole rings is 2. The van der Waals surface area contributed by atoms with Crippen LogP contribution < -0.4 is 0 Å². The lowest BCUT2D eigenvalue weighted by Gasteiger charge is -2.32. The van der Waals surface area contributed by atoms with E-state index in [2.05, 4.69) is 20.2 Å². The number of likely N-dealkylation sites (N-methyl/N-ethyl adjacent to an activating group) is 2. The fourth-order valence-corrected chi connectivity index (χ4v) is 14.3. The molecule has 12 rings (SSSR count). The van der Waals surface area contributed by atoms with E-state index in [0.717, 1.165) is 30.1 Å². The second kappa shape index (κ2) is 20.9. The van der Waals surface area contributed by atoms with Gasteiger partial charge in [0.05, 0.1) is 82.2 Å². The molecule has 0 spiro atoms. The van der Waals surface area contributed by atoms with Crippen molar-refractivity contribution in [1.82, 2.24) is 58.4 Å². The Bertz CT molecular complexity index is 3790. The number of halogens is 4. The average molecular weight is 1110 g/mol. The molecule has 6 aromatic heterocycles. The van der Waals surface area contributed by atoms with Crippen molar-refractivity contribution in [2.24, 2.45) is 14.1 Å². The molecule has 23 heteroatoms. The number of pyridine rings is 2. The van der Waals surface area contributed by atoms with Crippen molar-refractivity contribution in [2.75, 3.05) is 37.1 Å². The molecule has 410 valence electrons. The summed E-state index contributed by atoms with van der Waals surface area (Å²) in [6, 6.07) is 13.0. The Morgan fingerprint density at radius 3 is 1.40 bits per heavy atom. The van der Waals surface area contributed by atoms with Crippen LogP contribution in [0, 0.1) is 0 Å². The molecule has 2 unspecified atom stereocenters. The predicted octanol–water partition coefficient (Wildman–Crippen LogP) is 9.49. The smallest absolute Gasteiger partial charge is 0.265 e. The molecule has 78 heavy (non-hydrogen) atoms. The summed E-state index contributed by atoms with van der Waals surface area (Å²) < 4.78 is 101. The fourth-order valence-electron chi connectivity index (χ4n) is 11.5. The van der Waals surface area contributed by atoms with Crippen molar-refractivity contribution in [3.8, 4) is 45.0 Å². The number of alkyl halides is 4. The van der Waals surface area contributed by atoms with Gasteiger partial charge in [-0.15, -0.1) is 0 Å². The maximum absolute atomic E-state index is 14.3. The summed E-state index contributed by atoms with van der Waals surface area (Å²) in [6.45, 7) is 4.35. The number of hydrogen-bond donors (Lipinski definition) is 0. The highest BCUT2D eigenvalue weighted by Gasteiger charge is 2.39. The summed E-state index contributed by atoms with van der Waals surface area (Å²) in [5, 5.41) is 9.36. The number of benzene rings is 2. The van der Waals surface area contributed by atoms with Gasteiger partial charge in [-0.05, 0) is 63.8 Å². The van der Waals surface area contributed by atoms with Gasteiger partial charge >= 0.3 is 0 Å². The molecule has 2 aromatic carbocycles. The molecule has 0 N–H and O–H groups in total. The highest BCUT2D eigenvalue weighted by molar-refractivity contribution is 7.91. The largest absolute Gasteiger partial charge is 0.338 e. The Hall–Kier alpha value is -7.14. The van der Waals surface area contributed by atoms with E-state index in [1.165, 1.54) is 24.5 Å². The summed E-state index contributed by atoms with van der Waals surface area (Å²) >= 11 is 0. The third-order valence-electron chi connectivity index (χ3n) is 15.5. The molecule has 2 saturated heterocycles. The number of carbonyl (C=O) groups excluding carboxylic acids is 2. The van der Waals surface area contributed by atoms with Crippen LogP contribution in [-0.2, 0) is 57.4 Å². The summed E-state index contributed by atoms with van der Waals surface area (Å²) in [5.74, 6) is 2.76. The van der Waals surface area contributed by atoms with Crippen LogP contribution in [0.1, 0.15) is 118 Å². The van der Waals surface area contributed by atoms with Crippen LogP contribution >= 0.6 is 0 Å². The molecule has 0 aliphatic carbocycles. The maximum atomic E-state index is 14.3. The van der Waals surface area contributed by atoms with Gasteiger partial charge in [-0.2, -0.15) is 10.2 Å². The lowest BCUT2D eigenvalue weighted by atomic mass is 9.99. The topological polar surface area (TPSA) is 189 Å². The van der Waals surface area contributed by atoms with Gasteiger partial charge in [-0.3, -0.25) is 23.2 Å². The number of carbonyl (C=O) groups is 2. The minimum atomic E-state index is -3.09. The van der Waals surface area contributed by atoms with Crippen LogP contribution in [0.3, 0.4) is 0 Å². The number of rotatable bonds is 8. The quantitative estimate of drug-likeness (QED) is 0.132. The monoisotopic (exact) mass is 1110 g/mol. The Labute approximate surface area is 451 Å². The minimum absolute atomic E-state index is 0. The number of amides is 2. The molecule has 4 aliphatic heterocycles. The van der Waals surface area contributed by atoms with E-state index in [9.17, 15) is 39.8 Å². The van der Waals surface area contributed by atoms with Gasteiger partial charge in [0.25, 0.3) is 12.9 Å². The summed E-state index contributed by atoms with van der Waals surface area (Å²) in [5.41, 5.74) is 6.49.